The van der Waals surface area contributed by atoms with Crippen molar-refractivity contribution in [1.82, 2.24) is 19.6 Å². The van der Waals surface area contributed by atoms with Crippen LogP contribution in [0.15, 0.2) is 29.3 Å². The number of hydrogen-bond donors (Lipinski definition) is 1. The molecule has 5 nitrogen and oxygen atoms in total. The molecule has 23 heavy (non-hydrogen) atoms. The highest BCUT2D eigenvalue weighted by molar-refractivity contribution is 6.30. The van der Waals surface area contributed by atoms with Gasteiger partial charge in [0.1, 0.15) is 5.65 Å². The van der Waals surface area contributed by atoms with Gasteiger partial charge in [-0.2, -0.15) is 0 Å². The van der Waals surface area contributed by atoms with Crippen LogP contribution in [0.5, 0.6) is 0 Å². The Kier molecular flexibility index (Phi) is 3.87. The SMILES string of the molecule is O=c1c(CN2CCNCC23CCCC3)cnc2cc(Cl)ccn12. The van der Waals surface area contributed by atoms with Crippen LogP contribution in [-0.2, 0) is 6.54 Å². The second-order valence-electron chi connectivity index (χ2n) is 6.69. The van der Waals surface area contributed by atoms with Crippen LogP contribution in [-0.4, -0.2) is 39.5 Å². The molecule has 1 aliphatic heterocycles. The second kappa shape index (κ2) is 5.89. The third-order valence-electron chi connectivity index (χ3n) is 5.32. The summed E-state index contributed by atoms with van der Waals surface area (Å²) < 4.78 is 1.59. The normalized spacial score (nSPS) is 21.3. The first kappa shape index (κ1) is 15.1. The van der Waals surface area contributed by atoms with Crippen LogP contribution in [0.25, 0.3) is 5.65 Å². The topological polar surface area (TPSA) is 49.6 Å². The zero-order valence-corrected chi connectivity index (χ0v) is 13.9. The van der Waals surface area contributed by atoms with E-state index in [4.69, 9.17) is 11.6 Å². The summed E-state index contributed by atoms with van der Waals surface area (Å²) in [5, 5.41) is 4.12. The average Bonchev–Trinajstić information content (AvgIpc) is 3.01. The van der Waals surface area contributed by atoms with E-state index in [0.29, 0.717) is 17.2 Å². The molecule has 4 rings (SSSR count). The fourth-order valence-electron chi connectivity index (χ4n) is 4.06. The van der Waals surface area contributed by atoms with Gasteiger partial charge in [-0.1, -0.05) is 24.4 Å². The predicted molar refractivity (Wildman–Crippen MR) is 91.0 cm³/mol. The van der Waals surface area contributed by atoms with Crippen LogP contribution in [0, 0.1) is 0 Å². The van der Waals surface area contributed by atoms with Gasteiger partial charge in [-0.25, -0.2) is 4.98 Å². The molecule has 2 aliphatic rings. The van der Waals surface area contributed by atoms with Crippen LogP contribution in [0.1, 0.15) is 31.2 Å². The van der Waals surface area contributed by atoms with E-state index in [0.717, 1.165) is 25.2 Å². The summed E-state index contributed by atoms with van der Waals surface area (Å²) in [4.78, 5) is 19.7. The van der Waals surface area contributed by atoms with E-state index in [-0.39, 0.29) is 11.1 Å². The first-order valence-electron chi connectivity index (χ1n) is 8.30. The molecule has 1 saturated carbocycles. The zero-order chi connectivity index (χ0) is 15.9. The lowest BCUT2D eigenvalue weighted by molar-refractivity contribution is 0.0567. The molecule has 1 aliphatic carbocycles. The Labute approximate surface area is 140 Å². The minimum absolute atomic E-state index is 0.0124. The van der Waals surface area contributed by atoms with Gasteiger partial charge in [0.2, 0.25) is 0 Å². The van der Waals surface area contributed by atoms with E-state index < -0.39 is 0 Å². The van der Waals surface area contributed by atoms with E-state index >= 15 is 0 Å². The van der Waals surface area contributed by atoms with E-state index in [9.17, 15) is 4.79 Å². The Morgan fingerprint density at radius 1 is 1.35 bits per heavy atom. The summed E-state index contributed by atoms with van der Waals surface area (Å²) in [6, 6.07) is 3.45. The molecular weight excluding hydrogens is 312 g/mol. The highest BCUT2D eigenvalue weighted by atomic mass is 35.5. The van der Waals surface area contributed by atoms with Gasteiger partial charge in [-0.3, -0.25) is 14.1 Å². The van der Waals surface area contributed by atoms with Crippen LogP contribution in [0.4, 0.5) is 0 Å². The van der Waals surface area contributed by atoms with Gasteiger partial charge in [-0.15, -0.1) is 0 Å². The van der Waals surface area contributed by atoms with Crippen molar-refractivity contribution in [3.8, 4) is 0 Å². The molecule has 0 unspecified atom stereocenters. The summed E-state index contributed by atoms with van der Waals surface area (Å²) in [7, 11) is 0. The molecule has 0 radical (unpaired) electrons. The van der Waals surface area contributed by atoms with Crippen LogP contribution in [0.2, 0.25) is 5.02 Å². The lowest BCUT2D eigenvalue weighted by Gasteiger charge is -2.45. The molecule has 1 saturated heterocycles. The molecule has 6 heteroatoms. The number of piperazine rings is 1. The molecule has 3 heterocycles. The van der Waals surface area contributed by atoms with Gasteiger partial charge in [-0.05, 0) is 18.9 Å². The molecule has 0 bridgehead atoms. The molecule has 0 atom stereocenters. The highest BCUT2D eigenvalue weighted by Crippen LogP contribution is 2.36. The Hall–Kier alpha value is -1.43. The smallest absolute Gasteiger partial charge is 0.262 e. The predicted octanol–water partition coefficient (Wildman–Crippen LogP) is 2.07. The lowest BCUT2D eigenvalue weighted by Crippen LogP contribution is -2.59. The molecule has 0 aromatic carbocycles. The van der Waals surface area contributed by atoms with Gasteiger partial charge in [0.25, 0.3) is 5.56 Å². The van der Waals surface area contributed by atoms with Gasteiger partial charge >= 0.3 is 0 Å². The lowest BCUT2D eigenvalue weighted by atomic mass is 9.92. The minimum atomic E-state index is 0.0124. The zero-order valence-electron chi connectivity index (χ0n) is 13.1. The highest BCUT2D eigenvalue weighted by Gasteiger charge is 2.41. The van der Waals surface area contributed by atoms with Crippen molar-refractivity contribution in [1.29, 1.82) is 0 Å². The Morgan fingerprint density at radius 3 is 3.00 bits per heavy atom. The van der Waals surface area contributed by atoms with E-state index in [1.807, 2.05) is 0 Å². The summed E-state index contributed by atoms with van der Waals surface area (Å²) in [5.41, 5.74) is 1.60. The first-order chi connectivity index (χ1) is 11.2. The number of pyridine rings is 1. The Morgan fingerprint density at radius 2 is 2.17 bits per heavy atom. The second-order valence-corrected chi connectivity index (χ2v) is 7.13. The Balaban J connectivity index is 1.68. The first-order valence-corrected chi connectivity index (χ1v) is 8.67. The maximum atomic E-state index is 12.8. The van der Waals surface area contributed by atoms with Gasteiger partial charge in [0.05, 0.1) is 5.56 Å². The fourth-order valence-corrected chi connectivity index (χ4v) is 4.21. The summed E-state index contributed by atoms with van der Waals surface area (Å²) in [6.45, 7) is 3.69. The number of fused-ring (bicyclic) bond motifs is 1. The number of aromatic nitrogens is 2. The summed E-state index contributed by atoms with van der Waals surface area (Å²) in [5.74, 6) is 0. The van der Waals surface area contributed by atoms with E-state index in [2.05, 4.69) is 15.2 Å². The number of halogens is 1. The molecule has 1 spiro atoms. The third-order valence-corrected chi connectivity index (χ3v) is 5.56. The molecule has 0 amide bonds. The van der Waals surface area contributed by atoms with Crippen molar-refractivity contribution in [3.05, 3.63) is 45.5 Å². The molecule has 2 aromatic rings. The number of hydrogen-bond acceptors (Lipinski definition) is 4. The van der Waals surface area contributed by atoms with Crippen molar-refractivity contribution >= 4 is 17.2 Å². The molecule has 1 N–H and O–H groups in total. The summed E-state index contributed by atoms with van der Waals surface area (Å²) >= 11 is 5.98. The van der Waals surface area contributed by atoms with Crippen molar-refractivity contribution in [2.75, 3.05) is 19.6 Å². The van der Waals surface area contributed by atoms with Crippen molar-refractivity contribution in [2.45, 2.75) is 37.8 Å². The summed E-state index contributed by atoms with van der Waals surface area (Å²) in [6.07, 6.45) is 8.44. The third kappa shape index (κ3) is 2.67. The fraction of sp³-hybridized carbons (Fsp3) is 0.529. The average molecular weight is 333 g/mol. The van der Waals surface area contributed by atoms with E-state index in [1.54, 1.807) is 28.9 Å². The maximum absolute atomic E-state index is 12.8. The standard InChI is InChI=1S/C17H21ClN4O/c18-14-3-7-22-15(9-14)20-10-13(16(22)23)11-21-8-6-19-12-17(21)4-1-2-5-17/h3,7,9-10,19H,1-2,4-6,8,11-12H2. The maximum Gasteiger partial charge on any atom is 0.262 e. The minimum Gasteiger partial charge on any atom is -0.314 e. The number of nitrogens with zero attached hydrogens (tertiary/aromatic N) is 3. The molecule has 122 valence electrons. The van der Waals surface area contributed by atoms with Crippen molar-refractivity contribution in [3.63, 3.8) is 0 Å². The van der Waals surface area contributed by atoms with Crippen LogP contribution in [0.3, 0.4) is 0 Å². The van der Waals surface area contributed by atoms with Crippen molar-refractivity contribution < 1.29 is 0 Å². The number of nitrogens with one attached hydrogen (secondary N) is 1. The van der Waals surface area contributed by atoms with Gasteiger partial charge in [0, 0.05) is 55.2 Å². The van der Waals surface area contributed by atoms with E-state index in [1.165, 1.54) is 25.7 Å². The monoisotopic (exact) mass is 332 g/mol. The van der Waals surface area contributed by atoms with Crippen LogP contribution >= 0.6 is 11.6 Å². The molecular formula is C17H21ClN4O. The molecule has 2 aromatic heterocycles. The number of rotatable bonds is 2. The van der Waals surface area contributed by atoms with Gasteiger partial charge < -0.3 is 5.32 Å². The van der Waals surface area contributed by atoms with Gasteiger partial charge in [0.15, 0.2) is 0 Å². The molecule has 2 fully saturated rings. The van der Waals surface area contributed by atoms with Crippen LogP contribution < -0.4 is 10.9 Å². The largest absolute Gasteiger partial charge is 0.314 e. The van der Waals surface area contributed by atoms with Crippen molar-refractivity contribution in [2.24, 2.45) is 0 Å². The quantitative estimate of drug-likeness (QED) is 0.914. The Bertz CT molecular complexity index is 782.